The number of hydrogen-bond acceptors (Lipinski definition) is 2. The molecule has 0 amide bonds. The van der Waals surface area contributed by atoms with Gasteiger partial charge in [-0.2, -0.15) is 0 Å². The second-order valence-electron chi connectivity index (χ2n) is 3.45. The normalized spacial score (nSPS) is 40.5. The molecule has 0 spiro atoms. The molecule has 58 valence electrons. The number of aliphatic hydroxyl groups is 1. The smallest absolute Gasteiger partial charge is 0.0586 e. The van der Waals surface area contributed by atoms with E-state index in [9.17, 15) is 0 Å². The maximum absolute atomic E-state index is 8.97. The van der Waals surface area contributed by atoms with Gasteiger partial charge in [-0.05, 0) is 19.3 Å². The summed E-state index contributed by atoms with van der Waals surface area (Å²) in [6.45, 7) is 1.60. The summed E-state index contributed by atoms with van der Waals surface area (Å²) in [4.78, 5) is 2.46. The summed E-state index contributed by atoms with van der Waals surface area (Å²) < 4.78 is 0. The van der Waals surface area contributed by atoms with Crippen LogP contribution in [0.15, 0.2) is 0 Å². The number of nitrogens with zero attached hydrogens (tertiary/aromatic N) is 1. The molecule has 2 saturated heterocycles. The van der Waals surface area contributed by atoms with Crippen molar-refractivity contribution in [3.8, 4) is 0 Å². The summed E-state index contributed by atoms with van der Waals surface area (Å²) in [5, 5.41) is 8.97. The Labute approximate surface area is 61.8 Å². The lowest BCUT2D eigenvalue weighted by Gasteiger charge is -2.49. The molecule has 2 rings (SSSR count). The second kappa shape index (κ2) is 2.51. The van der Waals surface area contributed by atoms with Crippen LogP contribution in [-0.2, 0) is 0 Å². The maximum Gasteiger partial charge on any atom is 0.0586 e. The van der Waals surface area contributed by atoms with Crippen LogP contribution in [0, 0.1) is 0 Å². The van der Waals surface area contributed by atoms with E-state index in [1.807, 2.05) is 0 Å². The van der Waals surface area contributed by atoms with Crippen molar-refractivity contribution < 1.29 is 5.11 Å². The molecule has 2 fully saturated rings. The lowest BCUT2D eigenvalue weighted by Crippen LogP contribution is -2.56. The fraction of sp³-hybridized carbons (Fsp3) is 1.00. The molecule has 0 aromatic rings. The molecule has 0 radical (unpaired) electrons. The van der Waals surface area contributed by atoms with E-state index < -0.39 is 0 Å². The van der Waals surface area contributed by atoms with Crippen LogP contribution in [-0.4, -0.2) is 35.2 Å². The summed E-state index contributed by atoms with van der Waals surface area (Å²) >= 11 is 0. The fourth-order valence-electron chi connectivity index (χ4n) is 2.20. The van der Waals surface area contributed by atoms with Crippen LogP contribution >= 0.6 is 0 Å². The van der Waals surface area contributed by atoms with Gasteiger partial charge in [-0.1, -0.05) is 6.42 Å². The first-order chi connectivity index (χ1) is 4.92. The lowest BCUT2D eigenvalue weighted by atomic mass is 9.87. The van der Waals surface area contributed by atoms with Gasteiger partial charge in [0.2, 0.25) is 0 Å². The van der Waals surface area contributed by atoms with Crippen molar-refractivity contribution in [1.29, 1.82) is 0 Å². The summed E-state index contributed by atoms with van der Waals surface area (Å²) in [5.74, 6) is 0. The Kier molecular flexibility index (Phi) is 1.66. The molecule has 2 heteroatoms. The standard InChI is InChI=1S/C8H15NO/c10-6-8-3-1-2-7-4-5-9(7)8/h7-8,10H,1-6H2. The Balaban J connectivity index is 1.94. The Morgan fingerprint density at radius 1 is 1.30 bits per heavy atom. The average molecular weight is 141 g/mol. The molecule has 2 aliphatic rings. The van der Waals surface area contributed by atoms with E-state index in [0.29, 0.717) is 12.6 Å². The molecule has 0 bridgehead atoms. The summed E-state index contributed by atoms with van der Waals surface area (Å²) in [6, 6.07) is 1.35. The number of fused-ring (bicyclic) bond motifs is 1. The minimum atomic E-state index is 0.372. The molecule has 2 heterocycles. The maximum atomic E-state index is 8.97. The van der Waals surface area contributed by atoms with Crippen LogP contribution in [0.2, 0.25) is 0 Å². The summed E-state index contributed by atoms with van der Waals surface area (Å²) in [6.07, 6.45) is 5.28. The monoisotopic (exact) mass is 141 g/mol. The van der Waals surface area contributed by atoms with E-state index in [-0.39, 0.29) is 0 Å². The molecule has 2 nitrogen and oxygen atoms in total. The van der Waals surface area contributed by atoms with Crippen molar-refractivity contribution in [3.63, 3.8) is 0 Å². The molecule has 0 aromatic heterocycles. The number of piperidine rings is 1. The summed E-state index contributed by atoms with van der Waals surface area (Å²) in [5.41, 5.74) is 0. The molecule has 0 aliphatic carbocycles. The van der Waals surface area contributed by atoms with Crippen molar-refractivity contribution in [3.05, 3.63) is 0 Å². The second-order valence-corrected chi connectivity index (χ2v) is 3.45. The van der Waals surface area contributed by atoms with E-state index in [1.54, 1.807) is 0 Å². The van der Waals surface area contributed by atoms with Gasteiger partial charge in [0.25, 0.3) is 0 Å². The third kappa shape index (κ3) is 0.867. The first-order valence-corrected chi connectivity index (χ1v) is 4.28. The lowest BCUT2D eigenvalue weighted by molar-refractivity contribution is -0.0204. The third-order valence-corrected chi connectivity index (χ3v) is 2.94. The SMILES string of the molecule is OCC1CCCC2CCN12. The van der Waals surface area contributed by atoms with Crippen LogP contribution < -0.4 is 0 Å². The van der Waals surface area contributed by atoms with Gasteiger partial charge in [-0.25, -0.2) is 0 Å². The Hall–Kier alpha value is -0.0800. The van der Waals surface area contributed by atoms with Crippen molar-refractivity contribution in [1.82, 2.24) is 4.90 Å². The minimum Gasteiger partial charge on any atom is -0.395 e. The molecule has 2 unspecified atom stereocenters. The predicted molar refractivity (Wildman–Crippen MR) is 39.8 cm³/mol. The highest BCUT2D eigenvalue weighted by atomic mass is 16.3. The van der Waals surface area contributed by atoms with E-state index in [1.165, 1.54) is 32.2 Å². The average Bonchev–Trinajstić information content (AvgIpc) is 1.91. The van der Waals surface area contributed by atoms with Crippen LogP contribution in [0.3, 0.4) is 0 Å². The summed E-state index contributed by atoms with van der Waals surface area (Å²) in [7, 11) is 0. The number of rotatable bonds is 1. The van der Waals surface area contributed by atoms with Crippen molar-refractivity contribution >= 4 is 0 Å². The van der Waals surface area contributed by atoms with Gasteiger partial charge >= 0.3 is 0 Å². The van der Waals surface area contributed by atoms with E-state index in [0.717, 1.165) is 6.04 Å². The Bertz CT molecular complexity index is 124. The predicted octanol–water partition coefficient (Wildman–Crippen LogP) is 0.606. The zero-order valence-corrected chi connectivity index (χ0v) is 6.29. The molecule has 2 atom stereocenters. The Morgan fingerprint density at radius 2 is 2.20 bits per heavy atom. The highest BCUT2D eigenvalue weighted by molar-refractivity contribution is 4.91. The van der Waals surface area contributed by atoms with Gasteiger partial charge in [0.05, 0.1) is 6.61 Å². The van der Waals surface area contributed by atoms with Gasteiger partial charge in [-0.15, -0.1) is 0 Å². The van der Waals surface area contributed by atoms with Gasteiger partial charge < -0.3 is 5.11 Å². The van der Waals surface area contributed by atoms with Crippen LogP contribution in [0.25, 0.3) is 0 Å². The third-order valence-electron chi connectivity index (χ3n) is 2.94. The first kappa shape index (κ1) is 6.62. The molecular formula is C8H15NO. The number of hydrogen-bond donors (Lipinski definition) is 1. The van der Waals surface area contributed by atoms with Crippen molar-refractivity contribution in [2.75, 3.05) is 13.2 Å². The largest absolute Gasteiger partial charge is 0.395 e. The first-order valence-electron chi connectivity index (χ1n) is 4.28. The molecule has 10 heavy (non-hydrogen) atoms. The van der Waals surface area contributed by atoms with Crippen LogP contribution in [0.1, 0.15) is 25.7 Å². The van der Waals surface area contributed by atoms with Gasteiger partial charge in [0, 0.05) is 18.6 Å². The van der Waals surface area contributed by atoms with E-state index in [4.69, 9.17) is 5.11 Å². The zero-order chi connectivity index (χ0) is 6.97. The number of aliphatic hydroxyl groups excluding tert-OH is 1. The van der Waals surface area contributed by atoms with Gasteiger partial charge in [0.15, 0.2) is 0 Å². The van der Waals surface area contributed by atoms with Gasteiger partial charge in [0.1, 0.15) is 0 Å². The molecule has 0 aromatic carbocycles. The quantitative estimate of drug-likeness (QED) is 0.578. The highest BCUT2D eigenvalue weighted by Gasteiger charge is 2.35. The molecule has 1 N–H and O–H groups in total. The van der Waals surface area contributed by atoms with Crippen LogP contribution in [0.4, 0.5) is 0 Å². The topological polar surface area (TPSA) is 23.5 Å². The van der Waals surface area contributed by atoms with E-state index >= 15 is 0 Å². The fourth-order valence-corrected chi connectivity index (χ4v) is 2.20. The molecular weight excluding hydrogens is 126 g/mol. The minimum absolute atomic E-state index is 0.372. The molecule has 0 saturated carbocycles. The zero-order valence-electron chi connectivity index (χ0n) is 6.29. The van der Waals surface area contributed by atoms with Crippen molar-refractivity contribution in [2.45, 2.75) is 37.8 Å². The highest BCUT2D eigenvalue weighted by Crippen LogP contribution is 2.31. The molecule has 2 aliphatic heterocycles. The van der Waals surface area contributed by atoms with Crippen LogP contribution in [0.5, 0.6) is 0 Å². The van der Waals surface area contributed by atoms with Gasteiger partial charge in [-0.3, -0.25) is 4.90 Å². The van der Waals surface area contributed by atoms with Crippen molar-refractivity contribution in [2.24, 2.45) is 0 Å². The Morgan fingerprint density at radius 3 is 2.70 bits per heavy atom. The van der Waals surface area contributed by atoms with E-state index in [2.05, 4.69) is 4.90 Å².